The van der Waals surface area contributed by atoms with Gasteiger partial charge in [-0.25, -0.2) is 0 Å². The van der Waals surface area contributed by atoms with Crippen LogP contribution in [-0.2, 0) is 23.8 Å². The molecule has 196 valence electrons. The number of allylic oxidation sites excluding steroid dienone is 2. The highest BCUT2D eigenvalue weighted by atomic mass is 16.7. The van der Waals surface area contributed by atoms with E-state index in [0.717, 1.165) is 38.5 Å². The van der Waals surface area contributed by atoms with Crippen LogP contribution >= 0.6 is 0 Å². The molecule has 1 aliphatic heterocycles. The molecule has 0 aromatic carbocycles. The summed E-state index contributed by atoms with van der Waals surface area (Å²) in [6.07, 6.45) is 15.8. The zero-order valence-electron chi connectivity index (χ0n) is 21.8. The van der Waals surface area contributed by atoms with E-state index in [4.69, 9.17) is 14.2 Å². The van der Waals surface area contributed by atoms with Crippen LogP contribution in [0.3, 0.4) is 0 Å². The first-order valence-electron chi connectivity index (χ1n) is 13.7. The number of carbonyl (C=O) groups excluding carboxylic acids is 2. The molecule has 6 heteroatoms. The van der Waals surface area contributed by atoms with E-state index in [1.165, 1.54) is 25.7 Å². The van der Waals surface area contributed by atoms with E-state index in [1.54, 1.807) is 0 Å². The van der Waals surface area contributed by atoms with Gasteiger partial charge in [0.1, 0.15) is 5.78 Å². The normalized spacial score (nSPS) is 24.5. The molecule has 0 aromatic rings. The molecule has 3 atom stereocenters. The molecule has 6 nitrogen and oxygen atoms in total. The Kier molecular flexibility index (Phi) is 13.4. The minimum absolute atomic E-state index is 0.0275. The van der Waals surface area contributed by atoms with Gasteiger partial charge in [-0.2, -0.15) is 0 Å². The standard InChI is InChI=1S/C28H48O6/c1-4-5-6-9-12-16-28(32-18-19-33-28)17-15-24-23(21-29)20-26(30)25(24)13-10-7-8-11-14-27(31)34-22(2)3/h7,10,22-25,29H,4-6,8-9,11-21H2,1-3H3/t23-,24-,25?/m0/s1. The molecule has 1 unspecified atom stereocenters. The van der Waals surface area contributed by atoms with Crippen molar-refractivity contribution in [3.05, 3.63) is 12.2 Å². The van der Waals surface area contributed by atoms with Crippen molar-refractivity contribution in [3.8, 4) is 0 Å². The summed E-state index contributed by atoms with van der Waals surface area (Å²) < 4.78 is 17.3. The maximum absolute atomic E-state index is 12.7. The number of aliphatic hydroxyl groups excluding tert-OH is 1. The Morgan fingerprint density at radius 1 is 1.12 bits per heavy atom. The van der Waals surface area contributed by atoms with E-state index >= 15 is 0 Å². The van der Waals surface area contributed by atoms with Crippen molar-refractivity contribution in [2.45, 2.75) is 116 Å². The number of hydrogen-bond donors (Lipinski definition) is 1. The van der Waals surface area contributed by atoms with Gasteiger partial charge in [-0.05, 0) is 57.8 Å². The molecule has 2 fully saturated rings. The number of rotatable bonds is 17. The van der Waals surface area contributed by atoms with Crippen LogP contribution in [0.1, 0.15) is 104 Å². The lowest BCUT2D eigenvalue weighted by molar-refractivity contribution is -0.171. The fourth-order valence-corrected chi connectivity index (χ4v) is 5.41. The molecule has 0 bridgehead atoms. The van der Waals surface area contributed by atoms with Crippen LogP contribution in [0.2, 0.25) is 0 Å². The van der Waals surface area contributed by atoms with E-state index in [1.807, 2.05) is 13.8 Å². The molecular weight excluding hydrogens is 432 g/mol. The maximum atomic E-state index is 12.7. The van der Waals surface area contributed by atoms with Crippen molar-refractivity contribution >= 4 is 11.8 Å². The van der Waals surface area contributed by atoms with E-state index in [2.05, 4.69) is 19.1 Å². The summed E-state index contributed by atoms with van der Waals surface area (Å²) >= 11 is 0. The van der Waals surface area contributed by atoms with E-state index in [-0.39, 0.29) is 42.2 Å². The molecule has 0 amide bonds. The molecule has 1 saturated carbocycles. The van der Waals surface area contributed by atoms with Gasteiger partial charge in [0.15, 0.2) is 5.79 Å². The minimum atomic E-state index is -0.511. The molecule has 2 rings (SSSR count). The summed E-state index contributed by atoms with van der Waals surface area (Å²) in [5.41, 5.74) is 0. The zero-order chi connectivity index (χ0) is 24.8. The molecule has 0 spiro atoms. The van der Waals surface area contributed by atoms with Gasteiger partial charge in [-0.3, -0.25) is 9.59 Å². The largest absolute Gasteiger partial charge is 0.463 e. The first-order valence-corrected chi connectivity index (χ1v) is 13.7. The van der Waals surface area contributed by atoms with E-state index in [0.29, 0.717) is 32.5 Å². The van der Waals surface area contributed by atoms with Gasteiger partial charge < -0.3 is 19.3 Å². The SMILES string of the molecule is CCCCCCCC1(CC[C@@H]2C(CC=CCCCC(=O)OC(C)C)C(=O)C[C@H]2CO)OCCO1. The van der Waals surface area contributed by atoms with Crippen LogP contribution in [-0.4, -0.2) is 48.6 Å². The van der Waals surface area contributed by atoms with Gasteiger partial charge in [0.05, 0.1) is 19.3 Å². The van der Waals surface area contributed by atoms with Crippen LogP contribution in [0, 0.1) is 17.8 Å². The summed E-state index contributed by atoms with van der Waals surface area (Å²) in [5, 5.41) is 9.93. The van der Waals surface area contributed by atoms with Crippen LogP contribution in [0.4, 0.5) is 0 Å². The second-order valence-electron chi connectivity index (χ2n) is 10.3. The van der Waals surface area contributed by atoms with Gasteiger partial charge in [-0.15, -0.1) is 0 Å². The Labute approximate surface area is 206 Å². The summed E-state index contributed by atoms with van der Waals surface area (Å²) in [6.45, 7) is 7.26. The topological polar surface area (TPSA) is 82.1 Å². The lowest BCUT2D eigenvalue weighted by atomic mass is 9.82. The van der Waals surface area contributed by atoms with Crippen LogP contribution < -0.4 is 0 Å². The van der Waals surface area contributed by atoms with Crippen LogP contribution in [0.15, 0.2) is 12.2 Å². The van der Waals surface area contributed by atoms with Crippen molar-refractivity contribution < 1.29 is 28.9 Å². The highest BCUT2D eigenvalue weighted by Gasteiger charge is 2.44. The highest BCUT2D eigenvalue weighted by molar-refractivity contribution is 5.84. The number of Topliss-reactive ketones (excluding diaryl/α,β-unsaturated/α-hetero) is 1. The number of esters is 1. The molecule has 1 N–H and O–H groups in total. The Hall–Kier alpha value is -1.24. The quantitative estimate of drug-likeness (QED) is 0.162. The lowest BCUT2D eigenvalue weighted by Gasteiger charge is -2.31. The van der Waals surface area contributed by atoms with Crippen molar-refractivity contribution in [2.75, 3.05) is 19.8 Å². The monoisotopic (exact) mass is 480 g/mol. The number of aliphatic hydroxyl groups is 1. The molecule has 0 aromatic heterocycles. The second kappa shape index (κ2) is 15.7. The van der Waals surface area contributed by atoms with Crippen molar-refractivity contribution in [3.63, 3.8) is 0 Å². The molecular formula is C28H48O6. The Bertz CT molecular complexity index is 622. The predicted octanol–water partition coefficient (Wildman–Crippen LogP) is 5.75. The number of unbranched alkanes of at least 4 members (excludes halogenated alkanes) is 5. The summed E-state index contributed by atoms with van der Waals surface area (Å²) in [5.74, 6) is -0.273. The number of hydrogen-bond acceptors (Lipinski definition) is 6. The Balaban J connectivity index is 1.83. The van der Waals surface area contributed by atoms with Gasteiger partial charge in [0.25, 0.3) is 0 Å². The zero-order valence-corrected chi connectivity index (χ0v) is 21.8. The smallest absolute Gasteiger partial charge is 0.306 e. The summed E-state index contributed by atoms with van der Waals surface area (Å²) in [6, 6.07) is 0. The first-order chi connectivity index (χ1) is 16.4. The molecule has 2 aliphatic rings. The summed E-state index contributed by atoms with van der Waals surface area (Å²) in [4.78, 5) is 24.4. The third kappa shape index (κ3) is 9.79. The third-order valence-electron chi connectivity index (χ3n) is 7.24. The fourth-order valence-electron chi connectivity index (χ4n) is 5.41. The predicted molar refractivity (Wildman–Crippen MR) is 133 cm³/mol. The van der Waals surface area contributed by atoms with Crippen molar-refractivity contribution in [1.29, 1.82) is 0 Å². The van der Waals surface area contributed by atoms with Gasteiger partial charge in [0.2, 0.25) is 0 Å². The molecule has 1 heterocycles. The minimum Gasteiger partial charge on any atom is -0.463 e. The number of carbonyl (C=O) groups is 2. The Morgan fingerprint density at radius 3 is 2.53 bits per heavy atom. The first kappa shape index (κ1) is 29.0. The summed E-state index contributed by atoms with van der Waals surface area (Å²) in [7, 11) is 0. The average Bonchev–Trinajstić information content (AvgIpc) is 3.38. The number of ketones is 1. The maximum Gasteiger partial charge on any atom is 0.306 e. The van der Waals surface area contributed by atoms with Crippen molar-refractivity contribution in [2.24, 2.45) is 17.8 Å². The lowest BCUT2D eigenvalue weighted by Crippen LogP contribution is -2.32. The van der Waals surface area contributed by atoms with Gasteiger partial charge in [-0.1, -0.05) is 44.8 Å². The van der Waals surface area contributed by atoms with E-state index < -0.39 is 5.79 Å². The van der Waals surface area contributed by atoms with Crippen LogP contribution in [0.5, 0.6) is 0 Å². The Morgan fingerprint density at radius 2 is 1.85 bits per heavy atom. The molecule has 0 radical (unpaired) electrons. The third-order valence-corrected chi connectivity index (χ3v) is 7.24. The van der Waals surface area contributed by atoms with Crippen LogP contribution in [0.25, 0.3) is 0 Å². The second-order valence-corrected chi connectivity index (χ2v) is 10.3. The fraction of sp³-hybridized carbons (Fsp3) is 0.857. The van der Waals surface area contributed by atoms with Gasteiger partial charge in [0, 0.05) is 38.2 Å². The molecule has 1 saturated heterocycles. The average molecular weight is 481 g/mol. The molecule has 34 heavy (non-hydrogen) atoms. The number of ether oxygens (including phenoxy) is 3. The van der Waals surface area contributed by atoms with Crippen molar-refractivity contribution in [1.82, 2.24) is 0 Å². The molecule has 1 aliphatic carbocycles. The van der Waals surface area contributed by atoms with E-state index in [9.17, 15) is 14.7 Å². The highest BCUT2D eigenvalue weighted by Crippen LogP contribution is 2.42. The van der Waals surface area contributed by atoms with Gasteiger partial charge >= 0.3 is 5.97 Å².